The molecule has 3 saturated heterocycles. The minimum absolute atomic E-state index is 0.0238. The number of benzene rings is 3. The number of aryl methyl sites for hydroxylation is 1. The Morgan fingerprint density at radius 2 is 1.82 bits per heavy atom. The number of halogens is 2. The van der Waals surface area contributed by atoms with Crippen molar-refractivity contribution >= 4 is 63.2 Å². The highest BCUT2D eigenvalue weighted by Gasteiger charge is 2.56. The number of carbonyl (C=O) groups is 2. The summed E-state index contributed by atoms with van der Waals surface area (Å²) in [5.74, 6) is -0.478. The van der Waals surface area contributed by atoms with Crippen molar-refractivity contribution in [1.29, 1.82) is 5.26 Å². The molecule has 5 heterocycles. The van der Waals surface area contributed by atoms with Crippen LogP contribution in [-0.4, -0.2) is 105 Å². The molecule has 0 atom stereocenters. The Bertz CT molecular complexity index is 2640. The normalized spacial score (nSPS) is 21.0. The predicted octanol–water partition coefficient (Wildman–Crippen LogP) is 6.43. The maximum atomic E-state index is 15.7. The van der Waals surface area contributed by atoms with Gasteiger partial charge in [-0.15, -0.1) is 0 Å². The molecule has 0 unspecified atom stereocenters. The van der Waals surface area contributed by atoms with E-state index in [0.717, 1.165) is 75.9 Å². The summed E-state index contributed by atoms with van der Waals surface area (Å²) in [5.41, 5.74) is 4.54. The Labute approximate surface area is 361 Å². The van der Waals surface area contributed by atoms with Crippen LogP contribution in [0.25, 0.3) is 21.9 Å². The molecule has 0 radical (unpaired) electrons. The van der Waals surface area contributed by atoms with E-state index in [0.29, 0.717) is 63.3 Å². The summed E-state index contributed by atoms with van der Waals surface area (Å²) in [6, 6.07) is 13.3. The van der Waals surface area contributed by atoms with Gasteiger partial charge in [0.15, 0.2) is 17.4 Å². The molecule has 62 heavy (non-hydrogen) atoms. The van der Waals surface area contributed by atoms with E-state index in [-0.39, 0.29) is 48.0 Å². The molecule has 3 N–H and O–H groups in total. The summed E-state index contributed by atoms with van der Waals surface area (Å²) in [5, 5.41) is 26.5. The molecule has 15 nitrogen and oxygen atoms in total. The number of hydrogen-bond donors (Lipinski definition) is 3. The van der Waals surface area contributed by atoms with E-state index in [4.69, 9.17) is 14.7 Å². The molecular weight excluding hydrogens is 817 g/mol. The molecule has 3 aromatic carbocycles. The summed E-state index contributed by atoms with van der Waals surface area (Å²) >= 11 is 1.18. The number of aromatic nitrogens is 4. The van der Waals surface area contributed by atoms with Gasteiger partial charge in [0.05, 0.1) is 40.2 Å². The lowest BCUT2D eigenvalue weighted by Gasteiger charge is -2.63. The third-order valence-electron chi connectivity index (χ3n) is 13.8. The van der Waals surface area contributed by atoms with Gasteiger partial charge in [0.2, 0.25) is 5.91 Å². The van der Waals surface area contributed by atoms with Crippen LogP contribution in [0.1, 0.15) is 62.1 Å². The molecule has 3 aliphatic heterocycles. The molecule has 0 bridgehead atoms. The zero-order valence-electron chi connectivity index (χ0n) is 34.5. The van der Waals surface area contributed by atoms with Gasteiger partial charge in [0, 0.05) is 86.8 Å². The van der Waals surface area contributed by atoms with Crippen LogP contribution in [-0.2, 0) is 11.8 Å². The van der Waals surface area contributed by atoms with Gasteiger partial charge in [-0.3, -0.25) is 24.7 Å². The lowest BCUT2D eigenvalue weighted by atomic mass is 9.55. The van der Waals surface area contributed by atoms with Gasteiger partial charge in [-0.1, -0.05) is 0 Å². The van der Waals surface area contributed by atoms with Gasteiger partial charge < -0.3 is 24.4 Å². The number of carbonyl (C=O) groups excluding carboxylic acids is 2. The fourth-order valence-corrected chi connectivity index (χ4v) is 11.0. The molecule has 2 spiro atoms. The Hall–Kier alpha value is -5.61. The average Bonchev–Trinajstić information content (AvgIpc) is 3.53. The number of hydrogen-bond acceptors (Lipinski definition) is 13. The van der Waals surface area contributed by atoms with Crippen LogP contribution >= 0.6 is 12.1 Å². The minimum Gasteiger partial charge on any atom is -0.453 e. The van der Waals surface area contributed by atoms with Crippen molar-refractivity contribution in [2.75, 3.05) is 67.4 Å². The highest BCUT2D eigenvalue weighted by Crippen LogP contribution is 2.58. The van der Waals surface area contributed by atoms with Gasteiger partial charge in [-0.2, -0.15) is 10.4 Å². The smallest absolute Gasteiger partial charge is 0.329 e. The molecule has 322 valence electrons. The zero-order valence-corrected chi connectivity index (χ0v) is 35.4. The lowest BCUT2D eigenvalue weighted by Crippen LogP contribution is -2.67. The van der Waals surface area contributed by atoms with E-state index >= 15 is 8.78 Å². The highest BCUT2D eigenvalue weighted by atomic mass is 32.2. The van der Waals surface area contributed by atoms with Gasteiger partial charge >= 0.3 is 6.03 Å². The summed E-state index contributed by atoms with van der Waals surface area (Å²) in [6.45, 7) is 4.38. The number of likely N-dealkylation sites (N-methyl/N-ethyl adjacent to an activating group) is 1. The van der Waals surface area contributed by atoms with Crippen LogP contribution < -0.4 is 24.6 Å². The predicted molar refractivity (Wildman–Crippen MR) is 231 cm³/mol. The van der Waals surface area contributed by atoms with E-state index in [1.807, 2.05) is 12.3 Å². The number of fused-ring (bicyclic) bond motifs is 2. The van der Waals surface area contributed by atoms with Crippen molar-refractivity contribution in [3.63, 3.8) is 0 Å². The van der Waals surface area contributed by atoms with Gasteiger partial charge in [-0.25, -0.2) is 22.9 Å². The van der Waals surface area contributed by atoms with Crippen LogP contribution in [0.5, 0.6) is 11.5 Å². The van der Waals surface area contributed by atoms with E-state index < -0.39 is 11.8 Å². The number of aliphatic hydroxyl groups excluding tert-OH is 1. The number of nitriles is 1. The first-order chi connectivity index (χ1) is 29.9. The molecule has 5 aliphatic rings. The highest BCUT2D eigenvalue weighted by molar-refractivity contribution is 7.98. The van der Waals surface area contributed by atoms with Crippen molar-refractivity contribution in [2.45, 2.75) is 56.9 Å². The Balaban J connectivity index is 0.723. The summed E-state index contributed by atoms with van der Waals surface area (Å²) in [6.07, 6.45) is 8.73. The molecule has 2 aromatic heterocycles. The third kappa shape index (κ3) is 7.23. The summed E-state index contributed by atoms with van der Waals surface area (Å²) < 4.78 is 43.2. The van der Waals surface area contributed by atoms with Crippen LogP contribution in [0, 0.1) is 33.8 Å². The summed E-state index contributed by atoms with van der Waals surface area (Å²) in [4.78, 5) is 40.0. The van der Waals surface area contributed by atoms with E-state index in [2.05, 4.69) is 31.0 Å². The second-order valence-electron chi connectivity index (χ2n) is 17.8. The molecule has 5 fully saturated rings. The number of rotatable bonds is 11. The molecule has 2 saturated carbocycles. The van der Waals surface area contributed by atoms with Crippen LogP contribution in [0.15, 0.2) is 48.7 Å². The lowest BCUT2D eigenvalue weighted by molar-refractivity contribution is -0.120. The average molecular weight is 864 g/mol. The Morgan fingerprint density at radius 1 is 1.03 bits per heavy atom. The first-order valence-electron chi connectivity index (χ1n) is 21.1. The van der Waals surface area contributed by atoms with Crippen molar-refractivity contribution in [2.24, 2.45) is 17.9 Å². The van der Waals surface area contributed by atoms with Crippen LogP contribution in [0.3, 0.4) is 0 Å². The maximum absolute atomic E-state index is 15.7. The monoisotopic (exact) mass is 863 g/mol. The second-order valence-corrected chi connectivity index (χ2v) is 18.8. The number of imide groups is 1. The van der Waals surface area contributed by atoms with Gasteiger partial charge in [-0.05, 0) is 100 Å². The maximum Gasteiger partial charge on any atom is 0.329 e. The van der Waals surface area contributed by atoms with Gasteiger partial charge in [0.1, 0.15) is 23.2 Å². The third-order valence-corrected chi connectivity index (χ3v) is 14.6. The van der Waals surface area contributed by atoms with Crippen LogP contribution in [0.2, 0.25) is 0 Å². The van der Waals surface area contributed by atoms with Crippen molar-refractivity contribution in [3.8, 4) is 17.6 Å². The number of nitrogens with one attached hydrogen (secondary N) is 2. The first-order valence-corrected chi connectivity index (χ1v) is 21.9. The number of urea groups is 1. The van der Waals surface area contributed by atoms with Crippen LogP contribution in [0.4, 0.5) is 30.8 Å². The van der Waals surface area contributed by atoms with E-state index in [9.17, 15) is 20.0 Å². The number of likely N-dealkylation sites (tertiary alicyclic amines) is 1. The quantitative estimate of drug-likeness (QED) is 0.124. The number of nitrogens with zero attached hydrogens (tertiary/aromatic N) is 9. The van der Waals surface area contributed by atoms with E-state index in [1.165, 1.54) is 35.2 Å². The molecule has 18 heteroatoms. The molecular formula is C44H47F2N11O4S. The minimum atomic E-state index is -0.658. The van der Waals surface area contributed by atoms with Gasteiger partial charge in [0.25, 0.3) is 0 Å². The second kappa shape index (κ2) is 15.6. The number of ether oxygens (including phenoxy) is 1. The topological polar surface area (TPSA) is 168 Å². The molecule has 2 aliphatic carbocycles. The number of piperidine rings is 1. The largest absolute Gasteiger partial charge is 0.453 e. The number of amides is 3. The number of anilines is 3. The van der Waals surface area contributed by atoms with Crippen molar-refractivity contribution in [1.82, 2.24) is 34.3 Å². The molecule has 5 aromatic rings. The number of aliphatic hydroxyl groups is 1. The molecule has 3 amide bonds. The SMILES string of the molecule is CN(CCO)SNc1ccc(F)c(Oc2ccc3ncc(C4CC5(CCN(C6CC7(C6)CN(c6cc8c(cc6F)c(N6CCC(=O)NC6=O)nn8C)C7)CC5)C4)nc3c2)c1C#N. The van der Waals surface area contributed by atoms with Crippen molar-refractivity contribution in [3.05, 3.63) is 71.6 Å². The fourth-order valence-electron chi connectivity index (χ4n) is 10.4. The van der Waals surface area contributed by atoms with Crippen molar-refractivity contribution < 1.29 is 28.2 Å². The standard InChI is InChI=1S/C44H47F2N11O4S/c1-53(13-14-58)62-52-33-6-4-31(45)40(30(33)22-47)61-28-3-5-34-35(15-28)49-36(23-48-34)26-18-43(19-26)8-11-55(12-9-43)27-20-44(21-27)24-56(25-44)38-17-37-29(16-32(38)46)41(51-54(37)2)57-10-7-39(59)50-42(57)60/h3-6,15-17,23,26-27,52,58H,7-14,18-21,24-25H2,1-2H3,(H,50,59,60). The zero-order chi connectivity index (χ0) is 42.9. The van der Waals surface area contributed by atoms with E-state index in [1.54, 1.807) is 41.3 Å². The summed E-state index contributed by atoms with van der Waals surface area (Å²) in [7, 11) is 3.57. The fraction of sp³-hybridized carbons (Fsp3) is 0.455. The molecule has 10 rings (SSSR count). The Morgan fingerprint density at radius 3 is 2.56 bits per heavy atom. The first kappa shape index (κ1) is 40.5. The Kier molecular flexibility index (Phi) is 10.2.